The molecule has 1 saturated carbocycles. The number of carbonyl (C=O) groups is 1. The summed E-state index contributed by atoms with van der Waals surface area (Å²) < 4.78 is 4.72. The van der Waals surface area contributed by atoms with Gasteiger partial charge in [-0.15, -0.1) is 0 Å². The summed E-state index contributed by atoms with van der Waals surface area (Å²) in [5.74, 6) is -0.208. The lowest BCUT2D eigenvalue weighted by atomic mass is 10.0. The third-order valence-electron chi connectivity index (χ3n) is 3.41. The largest absolute Gasteiger partial charge is 0.466 e. The highest BCUT2D eigenvalue weighted by atomic mass is 16.5. The van der Waals surface area contributed by atoms with Gasteiger partial charge in [0.2, 0.25) is 0 Å². The quantitative estimate of drug-likeness (QED) is 0.577. The molecule has 0 radical (unpaired) electrons. The SMILES string of the molecule is CCC(=CCNC1(C)CCCC1)C(=O)OC. The molecule has 0 bridgehead atoms. The summed E-state index contributed by atoms with van der Waals surface area (Å²) in [5.41, 5.74) is 1.03. The van der Waals surface area contributed by atoms with Crippen molar-refractivity contribution in [1.29, 1.82) is 0 Å². The molecule has 1 aliphatic carbocycles. The average Bonchev–Trinajstić information content (AvgIpc) is 2.71. The smallest absolute Gasteiger partial charge is 0.333 e. The highest BCUT2D eigenvalue weighted by Gasteiger charge is 2.27. The van der Waals surface area contributed by atoms with Crippen molar-refractivity contribution in [3.63, 3.8) is 0 Å². The summed E-state index contributed by atoms with van der Waals surface area (Å²) >= 11 is 0. The van der Waals surface area contributed by atoms with E-state index in [9.17, 15) is 4.79 Å². The van der Waals surface area contributed by atoms with E-state index in [0.717, 1.165) is 18.5 Å². The van der Waals surface area contributed by atoms with E-state index in [4.69, 9.17) is 4.74 Å². The van der Waals surface area contributed by atoms with E-state index in [1.165, 1.54) is 32.8 Å². The van der Waals surface area contributed by atoms with Gasteiger partial charge in [0.05, 0.1) is 7.11 Å². The van der Waals surface area contributed by atoms with Crippen molar-refractivity contribution in [3.8, 4) is 0 Å². The molecule has 0 amide bonds. The van der Waals surface area contributed by atoms with E-state index in [-0.39, 0.29) is 11.5 Å². The molecule has 1 N–H and O–H groups in total. The molecule has 0 aromatic carbocycles. The maximum atomic E-state index is 11.3. The lowest BCUT2D eigenvalue weighted by molar-refractivity contribution is -0.136. The molecule has 0 aromatic rings. The first-order valence-corrected chi connectivity index (χ1v) is 6.13. The first kappa shape index (κ1) is 13.2. The Labute approximate surface area is 98.2 Å². The standard InChI is InChI=1S/C13H23NO2/c1-4-11(12(15)16-3)7-10-14-13(2)8-5-6-9-13/h7,14H,4-6,8-10H2,1-3H3. The van der Waals surface area contributed by atoms with Crippen LogP contribution in [0.15, 0.2) is 11.6 Å². The number of carbonyl (C=O) groups excluding carboxylic acids is 1. The maximum Gasteiger partial charge on any atom is 0.333 e. The second-order valence-corrected chi connectivity index (χ2v) is 4.72. The molecule has 1 fully saturated rings. The van der Waals surface area contributed by atoms with E-state index in [2.05, 4.69) is 12.2 Å². The number of rotatable bonds is 5. The highest BCUT2D eigenvalue weighted by Crippen LogP contribution is 2.28. The Hall–Kier alpha value is -0.830. The van der Waals surface area contributed by atoms with Gasteiger partial charge in [0.1, 0.15) is 0 Å². The molecule has 1 rings (SSSR count). The van der Waals surface area contributed by atoms with E-state index >= 15 is 0 Å². The fourth-order valence-corrected chi connectivity index (χ4v) is 2.26. The van der Waals surface area contributed by atoms with Crippen molar-refractivity contribution in [1.82, 2.24) is 5.32 Å². The first-order chi connectivity index (χ1) is 7.61. The third kappa shape index (κ3) is 3.63. The summed E-state index contributed by atoms with van der Waals surface area (Å²) in [4.78, 5) is 11.3. The number of ether oxygens (including phenoxy) is 1. The zero-order valence-corrected chi connectivity index (χ0v) is 10.6. The maximum absolute atomic E-state index is 11.3. The zero-order valence-electron chi connectivity index (χ0n) is 10.6. The van der Waals surface area contributed by atoms with Crippen molar-refractivity contribution in [2.45, 2.75) is 51.5 Å². The van der Waals surface area contributed by atoms with Gasteiger partial charge in [0.25, 0.3) is 0 Å². The average molecular weight is 225 g/mol. The minimum Gasteiger partial charge on any atom is -0.466 e. The Bertz CT molecular complexity index is 265. The lowest BCUT2D eigenvalue weighted by Crippen LogP contribution is -2.39. The molecule has 3 heteroatoms. The molecule has 0 aliphatic heterocycles. The van der Waals surface area contributed by atoms with Crippen LogP contribution in [0, 0.1) is 0 Å². The zero-order chi connectivity index (χ0) is 12.0. The van der Waals surface area contributed by atoms with Crippen molar-refractivity contribution in [3.05, 3.63) is 11.6 Å². The predicted molar refractivity (Wildman–Crippen MR) is 65.3 cm³/mol. The Morgan fingerprint density at radius 1 is 1.44 bits per heavy atom. The first-order valence-electron chi connectivity index (χ1n) is 6.13. The number of nitrogens with one attached hydrogen (secondary N) is 1. The molecule has 0 heterocycles. The minimum absolute atomic E-state index is 0.208. The second-order valence-electron chi connectivity index (χ2n) is 4.72. The third-order valence-corrected chi connectivity index (χ3v) is 3.41. The topological polar surface area (TPSA) is 38.3 Å². The molecule has 0 atom stereocenters. The van der Waals surface area contributed by atoms with Crippen molar-refractivity contribution >= 4 is 5.97 Å². The van der Waals surface area contributed by atoms with Crippen molar-refractivity contribution < 1.29 is 9.53 Å². The fourth-order valence-electron chi connectivity index (χ4n) is 2.26. The molecule has 0 aromatic heterocycles. The summed E-state index contributed by atoms with van der Waals surface area (Å²) in [6, 6.07) is 0. The van der Waals surface area contributed by atoms with E-state index in [1.54, 1.807) is 0 Å². The van der Waals surface area contributed by atoms with Crippen molar-refractivity contribution in [2.75, 3.05) is 13.7 Å². The predicted octanol–water partition coefficient (Wildman–Crippen LogP) is 2.42. The highest BCUT2D eigenvalue weighted by molar-refractivity contribution is 5.88. The van der Waals surface area contributed by atoms with Crippen LogP contribution in [0.5, 0.6) is 0 Å². The molecule has 0 unspecified atom stereocenters. The van der Waals surface area contributed by atoms with Crippen LogP contribution in [-0.2, 0) is 9.53 Å². The van der Waals surface area contributed by atoms with Crippen LogP contribution in [0.3, 0.4) is 0 Å². The second kappa shape index (κ2) is 6.04. The monoisotopic (exact) mass is 225 g/mol. The molecule has 0 spiro atoms. The molecule has 16 heavy (non-hydrogen) atoms. The van der Waals surface area contributed by atoms with Crippen LogP contribution >= 0.6 is 0 Å². The van der Waals surface area contributed by atoms with Crippen LogP contribution in [0.2, 0.25) is 0 Å². The van der Waals surface area contributed by atoms with Crippen LogP contribution in [-0.4, -0.2) is 25.2 Å². The van der Waals surface area contributed by atoms with Gasteiger partial charge in [-0.05, 0) is 26.2 Å². The van der Waals surface area contributed by atoms with Gasteiger partial charge in [0, 0.05) is 17.7 Å². The van der Waals surface area contributed by atoms with Gasteiger partial charge in [0.15, 0.2) is 0 Å². The molecular weight excluding hydrogens is 202 g/mol. The van der Waals surface area contributed by atoms with Gasteiger partial charge in [-0.1, -0.05) is 25.8 Å². The van der Waals surface area contributed by atoms with Gasteiger partial charge in [-0.2, -0.15) is 0 Å². The summed E-state index contributed by atoms with van der Waals surface area (Å²) in [7, 11) is 1.43. The van der Waals surface area contributed by atoms with E-state index in [0.29, 0.717) is 0 Å². The Morgan fingerprint density at radius 3 is 2.56 bits per heavy atom. The summed E-state index contributed by atoms with van der Waals surface area (Å²) in [6.07, 6.45) is 7.78. The number of hydrogen-bond acceptors (Lipinski definition) is 3. The Kier molecular flexibility index (Phi) is 5.00. The minimum atomic E-state index is -0.208. The molecule has 1 aliphatic rings. The molecular formula is C13H23NO2. The van der Waals surface area contributed by atoms with Crippen molar-refractivity contribution in [2.24, 2.45) is 0 Å². The number of hydrogen-bond donors (Lipinski definition) is 1. The summed E-state index contributed by atoms with van der Waals surface area (Å²) in [5, 5.41) is 3.52. The van der Waals surface area contributed by atoms with E-state index in [1.807, 2.05) is 13.0 Å². The van der Waals surface area contributed by atoms with Crippen LogP contribution in [0.4, 0.5) is 0 Å². The normalized spacial score (nSPS) is 19.8. The van der Waals surface area contributed by atoms with Gasteiger partial charge in [-0.3, -0.25) is 0 Å². The lowest BCUT2D eigenvalue weighted by Gasteiger charge is -2.24. The fraction of sp³-hybridized carbons (Fsp3) is 0.769. The Morgan fingerprint density at radius 2 is 2.06 bits per heavy atom. The van der Waals surface area contributed by atoms with E-state index < -0.39 is 0 Å². The number of methoxy groups -OCH3 is 1. The van der Waals surface area contributed by atoms with Crippen LogP contribution in [0.25, 0.3) is 0 Å². The Balaban J connectivity index is 2.42. The van der Waals surface area contributed by atoms with Gasteiger partial charge >= 0.3 is 5.97 Å². The molecule has 92 valence electrons. The van der Waals surface area contributed by atoms with Crippen LogP contribution < -0.4 is 5.32 Å². The molecule has 0 saturated heterocycles. The van der Waals surface area contributed by atoms with Gasteiger partial charge < -0.3 is 10.1 Å². The van der Waals surface area contributed by atoms with Crippen LogP contribution in [0.1, 0.15) is 46.0 Å². The van der Waals surface area contributed by atoms with Gasteiger partial charge in [-0.25, -0.2) is 4.79 Å². The molecule has 3 nitrogen and oxygen atoms in total. The summed E-state index contributed by atoms with van der Waals surface area (Å²) in [6.45, 7) is 4.99. The number of esters is 1.